The minimum atomic E-state index is -0.277. The van der Waals surface area contributed by atoms with E-state index in [1.54, 1.807) is 0 Å². The van der Waals surface area contributed by atoms with Crippen LogP contribution in [0.15, 0.2) is 35.9 Å². The van der Waals surface area contributed by atoms with Crippen LogP contribution in [0.2, 0.25) is 0 Å². The first-order valence-corrected chi connectivity index (χ1v) is 8.51. The Morgan fingerprint density at radius 3 is 2.73 bits per heavy atom. The van der Waals surface area contributed by atoms with E-state index in [4.69, 9.17) is 0 Å². The maximum Gasteiger partial charge on any atom is 0.0775 e. The average Bonchev–Trinajstić information content (AvgIpc) is 2.83. The van der Waals surface area contributed by atoms with Crippen LogP contribution in [-0.4, -0.2) is 41.8 Å². The Labute approximate surface area is 134 Å². The number of benzene rings is 1. The maximum absolute atomic E-state index is 10.4. The van der Waals surface area contributed by atoms with Crippen molar-refractivity contribution in [3.05, 3.63) is 47.0 Å². The molecule has 2 N–H and O–H groups in total. The number of allylic oxidation sites excluding steroid dienone is 1. The molecule has 120 valence electrons. The number of aliphatic hydroxyl groups is 1. The van der Waals surface area contributed by atoms with Gasteiger partial charge in [-0.05, 0) is 50.9 Å². The molecule has 1 aromatic carbocycles. The van der Waals surface area contributed by atoms with Crippen LogP contribution in [0.5, 0.6) is 0 Å². The minimum Gasteiger partial charge on any atom is -0.391 e. The van der Waals surface area contributed by atoms with Crippen molar-refractivity contribution in [2.75, 3.05) is 19.6 Å². The number of hydrogen-bond acceptors (Lipinski definition) is 3. The van der Waals surface area contributed by atoms with E-state index in [2.05, 4.69) is 54.4 Å². The molecule has 3 heteroatoms. The summed E-state index contributed by atoms with van der Waals surface area (Å²) in [5.74, 6) is 0. The van der Waals surface area contributed by atoms with E-state index in [0.29, 0.717) is 6.04 Å². The Bertz CT molecular complexity index is 528. The highest BCUT2D eigenvalue weighted by Crippen LogP contribution is 2.32. The highest BCUT2D eigenvalue weighted by Gasteiger charge is 2.32. The lowest BCUT2D eigenvalue weighted by atomic mass is 10.0. The van der Waals surface area contributed by atoms with Gasteiger partial charge in [-0.2, -0.15) is 0 Å². The highest BCUT2D eigenvalue weighted by molar-refractivity contribution is 5.36. The molecule has 1 aliphatic heterocycles. The Morgan fingerprint density at radius 2 is 2.00 bits per heavy atom. The second kappa shape index (κ2) is 6.95. The standard InChI is InChI=1S/C19H28N2O/c1-14(2)7-10-21-11-8-16(9-12-21)20-19-17-6-4-3-5-15(17)13-18(19)22/h3-7,16,18-20,22H,8-13H2,1-2H3/t18-,19+/m0/s1. The minimum absolute atomic E-state index is 0.116. The van der Waals surface area contributed by atoms with Crippen molar-refractivity contribution in [3.8, 4) is 0 Å². The summed E-state index contributed by atoms with van der Waals surface area (Å²) in [7, 11) is 0. The molecular formula is C19H28N2O. The van der Waals surface area contributed by atoms with Crippen molar-refractivity contribution in [1.82, 2.24) is 10.2 Å². The summed E-state index contributed by atoms with van der Waals surface area (Å²) in [5, 5.41) is 14.1. The molecule has 0 saturated carbocycles. The van der Waals surface area contributed by atoms with Crippen molar-refractivity contribution in [3.63, 3.8) is 0 Å². The number of fused-ring (bicyclic) bond motifs is 1. The van der Waals surface area contributed by atoms with Crippen LogP contribution in [0.25, 0.3) is 0 Å². The fourth-order valence-electron chi connectivity index (χ4n) is 3.62. The lowest BCUT2D eigenvalue weighted by Crippen LogP contribution is -2.45. The summed E-state index contributed by atoms with van der Waals surface area (Å²) in [6.45, 7) is 7.68. The molecule has 2 aliphatic rings. The summed E-state index contributed by atoms with van der Waals surface area (Å²) in [6, 6.07) is 9.08. The third kappa shape index (κ3) is 3.60. The fraction of sp³-hybridized carbons (Fsp3) is 0.579. The van der Waals surface area contributed by atoms with Gasteiger partial charge in [0, 0.05) is 19.0 Å². The molecule has 0 unspecified atom stereocenters. The SMILES string of the molecule is CC(C)=CCN1CCC(N[C@@H]2c3ccccc3C[C@@H]2O)CC1. The van der Waals surface area contributed by atoms with E-state index < -0.39 is 0 Å². The second-order valence-electron chi connectivity index (χ2n) is 6.97. The van der Waals surface area contributed by atoms with Gasteiger partial charge >= 0.3 is 0 Å². The second-order valence-corrected chi connectivity index (χ2v) is 6.97. The van der Waals surface area contributed by atoms with Crippen LogP contribution in [-0.2, 0) is 6.42 Å². The zero-order valence-electron chi connectivity index (χ0n) is 13.8. The molecule has 3 nitrogen and oxygen atoms in total. The molecule has 3 rings (SSSR count). The molecule has 22 heavy (non-hydrogen) atoms. The number of aliphatic hydroxyl groups excluding tert-OH is 1. The predicted octanol–water partition coefficient (Wildman–Crippen LogP) is 2.66. The first-order chi connectivity index (χ1) is 10.6. The van der Waals surface area contributed by atoms with Crippen molar-refractivity contribution >= 4 is 0 Å². The van der Waals surface area contributed by atoms with Crippen LogP contribution < -0.4 is 5.32 Å². The van der Waals surface area contributed by atoms with Gasteiger partial charge in [0.2, 0.25) is 0 Å². The molecule has 0 spiro atoms. The van der Waals surface area contributed by atoms with E-state index in [-0.39, 0.29) is 12.1 Å². The predicted molar refractivity (Wildman–Crippen MR) is 90.9 cm³/mol. The zero-order chi connectivity index (χ0) is 15.5. The van der Waals surface area contributed by atoms with E-state index in [1.807, 2.05) is 0 Å². The quantitative estimate of drug-likeness (QED) is 0.839. The third-order valence-electron chi connectivity index (χ3n) is 4.96. The van der Waals surface area contributed by atoms with Crippen molar-refractivity contribution in [1.29, 1.82) is 0 Å². The molecule has 0 aromatic heterocycles. The molecule has 1 saturated heterocycles. The van der Waals surface area contributed by atoms with Crippen LogP contribution in [0.1, 0.15) is 43.9 Å². The smallest absolute Gasteiger partial charge is 0.0775 e. The first kappa shape index (κ1) is 15.7. The van der Waals surface area contributed by atoms with E-state index in [9.17, 15) is 5.11 Å². The molecule has 1 aliphatic carbocycles. The normalized spacial score (nSPS) is 26.0. The van der Waals surface area contributed by atoms with Gasteiger partial charge in [-0.15, -0.1) is 0 Å². The summed E-state index contributed by atoms with van der Waals surface area (Å²) in [4.78, 5) is 2.52. The summed E-state index contributed by atoms with van der Waals surface area (Å²) in [5.41, 5.74) is 3.99. The summed E-state index contributed by atoms with van der Waals surface area (Å²) < 4.78 is 0. The number of nitrogens with one attached hydrogen (secondary N) is 1. The third-order valence-corrected chi connectivity index (χ3v) is 4.96. The van der Waals surface area contributed by atoms with Gasteiger partial charge in [0.15, 0.2) is 0 Å². The Hall–Kier alpha value is -1.16. The number of likely N-dealkylation sites (tertiary alicyclic amines) is 1. The van der Waals surface area contributed by atoms with E-state index >= 15 is 0 Å². The van der Waals surface area contributed by atoms with Crippen molar-refractivity contribution in [2.24, 2.45) is 0 Å². The van der Waals surface area contributed by atoms with Gasteiger partial charge < -0.3 is 10.4 Å². The van der Waals surface area contributed by atoms with Gasteiger partial charge in [-0.1, -0.05) is 35.9 Å². The number of piperidine rings is 1. The fourth-order valence-corrected chi connectivity index (χ4v) is 3.62. The lowest BCUT2D eigenvalue weighted by molar-refractivity contribution is 0.121. The Balaban J connectivity index is 1.54. The number of nitrogens with zero attached hydrogens (tertiary/aromatic N) is 1. The van der Waals surface area contributed by atoms with Crippen molar-refractivity contribution < 1.29 is 5.11 Å². The summed E-state index contributed by atoms with van der Waals surface area (Å²) in [6.07, 6.45) is 5.16. The zero-order valence-corrected chi connectivity index (χ0v) is 13.8. The molecular weight excluding hydrogens is 272 g/mol. The molecule has 0 amide bonds. The molecule has 0 bridgehead atoms. The molecule has 1 aromatic rings. The first-order valence-electron chi connectivity index (χ1n) is 8.51. The van der Waals surface area contributed by atoms with Crippen LogP contribution in [0, 0.1) is 0 Å². The largest absolute Gasteiger partial charge is 0.391 e. The topological polar surface area (TPSA) is 35.5 Å². The van der Waals surface area contributed by atoms with Gasteiger partial charge in [0.1, 0.15) is 0 Å². The maximum atomic E-state index is 10.4. The van der Waals surface area contributed by atoms with E-state index in [1.165, 1.54) is 29.5 Å². The molecule has 2 atom stereocenters. The van der Waals surface area contributed by atoms with Gasteiger partial charge in [0.05, 0.1) is 12.1 Å². The molecule has 0 radical (unpaired) electrons. The number of hydrogen-bond donors (Lipinski definition) is 2. The van der Waals surface area contributed by atoms with Crippen LogP contribution in [0.4, 0.5) is 0 Å². The van der Waals surface area contributed by atoms with Gasteiger partial charge in [-0.25, -0.2) is 0 Å². The van der Waals surface area contributed by atoms with E-state index in [0.717, 1.165) is 26.1 Å². The average molecular weight is 300 g/mol. The van der Waals surface area contributed by atoms with Gasteiger partial charge in [0.25, 0.3) is 0 Å². The van der Waals surface area contributed by atoms with Crippen molar-refractivity contribution in [2.45, 2.75) is 51.3 Å². The summed E-state index contributed by atoms with van der Waals surface area (Å²) >= 11 is 0. The van der Waals surface area contributed by atoms with Gasteiger partial charge in [-0.3, -0.25) is 4.90 Å². The lowest BCUT2D eigenvalue weighted by Gasteiger charge is -2.34. The highest BCUT2D eigenvalue weighted by atomic mass is 16.3. The van der Waals surface area contributed by atoms with Crippen LogP contribution in [0.3, 0.4) is 0 Å². The number of rotatable bonds is 4. The Morgan fingerprint density at radius 1 is 1.27 bits per heavy atom. The Kier molecular flexibility index (Phi) is 4.97. The molecule has 1 fully saturated rings. The molecule has 1 heterocycles. The monoisotopic (exact) mass is 300 g/mol. The van der Waals surface area contributed by atoms with Crippen LogP contribution >= 0.6 is 0 Å².